The smallest absolute Gasteiger partial charge is 0.338 e. The summed E-state index contributed by atoms with van der Waals surface area (Å²) < 4.78 is 38.8. The van der Waals surface area contributed by atoms with Crippen LogP contribution in [0.15, 0.2) is 77.7 Å². The average Bonchev–Trinajstić information content (AvgIpc) is 2.88. The second kappa shape index (κ2) is 13.2. The van der Waals surface area contributed by atoms with Gasteiger partial charge in [-0.25, -0.2) is 17.9 Å². The first-order chi connectivity index (χ1) is 17.7. The lowest BCUT2D eigenvalue weighted by atomic mass is 10.1. The Morgan fingerprint density at radius 3 is 2.35 bits per heavy atom. The molecule has 0 spiro atoms. The third kappa shape index (κ3) is 8.31. The maximum atomic E-state index is 12.8. The molecule has 3 rings (SSSR count). The van der Waals surface area contributed by atoms with Gasteiger partial charge in [0.25, 0.3) is 5.91 Å². The van der Waals surface area contributed by atoms with E-state index in [0.717, 1.165) is 18.4 Å². The summed E-state index contributed by atoms with van der Waals surface area (Å²) in [6.07, 6.45) is 1.73. The molecule has 2 N–H and O–H groups in total. The van der Waals surface area contributed by atoms with E-state index in [4.69, 9.17) is 21.1 Å². The van der Waals surface area contributed by atoms with Gasteiger partial charge in [-0.2, -0.15) is 0 Å². The number of hydrogen-bond acceptors (Lipinski definition) is 6. The summed E-state index contributed by atoms with van der Waals surface area (Å²) in [7, 11) is -3.84. The van der Waals surface area contributed by atoms with Crippen molar-refractivity contribution in [2.45, 2.75) is 37.6 Å². The van der Waals surface area contributed by atoms with Gasteiger partial charge < -0.3 is 14.8 Å². The van der Waals surface area contributed by atoms with Crippen molar-refractivity contribution in [1.82, 2.24) is 4.72 Å². The van der Waals surface area contributed by atoms with Gasteiger partial charge in [-0.1, -0.05) is 55.3 Å². The topological polar surface area (TPSA) is 111 Å². The summed E-state index contributed by atoms with van der Waals surface area (Å²) in [5.41, 5.74) is 1.69. The number of hydrogen-bond donors (Lipinski definition) is 2. The number of ether oxygens (including phenoxy) is 2. The van der Waals surface area contributed by atoms with E-state index >= 15 is 0 Å². The highest BCUT2D eigenvalue weighted by molar-refractivity contribution is 7.89. The fraction of sp³-hybridized carbons (Fsp3) is 0.259. The van der Waals surface area contributed by atoms with Crippen LogP contribution in [0.3, 0.4) is 0 Å². The van der Waals surface area contributed by atoms with Crippen molar-refractivity contribution in [3.63, 3.8) is 0 Å². The number of unbranched alkanes of at least 4 members (excludes halogenated alkanes) is 1. The van der Waals surface area contributed by atoms with Crippen molar-refractivity contribution >= 4 is 39.2 Å². The largest absolute Gasteiger partial charge is 0.482 e. The van der Waals surface area contributed by atoms with Crippen LogP contribution in [0.4, 0.5) is 5.69 Å². The van der Waals surface area contributed by atoms with Gasteiger partial charge in [0.15, 0.2) is 6.61 Å². The molecule has 1 atom stereocenters. The molecule has 3 aromatic carbocycles. The van der Waals surface area contributed by atoms with E-state index < -0.39 is 27.9 Å². The Labute approximate surface area is 222 Å². The number of sulfonamides is 1. The molecule has 0 radical (unpaired) electrons. The Morgan fingerprint density at radius 1 is 1.00 bits per heavy atom. The maximum Gasteiger partial charge on any atom is 0.338 e. The van der Waals surface area contributed by atoms with E-state index in [1.54, 1.807) is 31.2 Å². The van der Waals surface area contributed by atoms with Gasteiger partial charge in [-0.05, 0) is 61.4 Å². The molecule has 0 aliphatic heterocycles. The number of carbonyl (C=O) groups is 2. The second-order valence-corrected chi connectivity index (χ2v) is 10.4. The van der Waals surface area contributed by atoms with Crippen molar-refractivity contribution in [3.8, 4) is 5.75 Å². The predicted octanol–water partition coefficient (Wildman–Crippen LogP) is 5.35. The van der Waals surface area contributed by atoms with E-state index in [1.165, 1.54) is 18.2 Å². The fourth-order valence-corrected chi connectivity index (χ4v) is 4.86. The molecule has 0 heterocycles. The van der Waals surface area contributed by atoms with Gasteiger partial charge in [-0.3, -0.25) is 4.79 Å². The van der Waals surface area contributed by atoms with Gasteiger partial charge in [0.2, 0.25) is 10.0 Å². The van der Waals surface area contributed by atoms with Gasteiger partial charge in [0, 0.05) is 11.7 Å². The van der Waals surface area contributed by atoms with Crippen molar-refractivity contribution in [3.05, 3.63) is 88.9 Å². The third-order valence-electron chi connectivity index (χ3n) is 5.34. The molecule has 0 bridgehead atoms. The highest BCUT2D eigenvalue weighted by Gasteiger charge is 2.20. The molecule has 0 fully saturated rings. The average molecular weight is 545 g/mol. The monoisotopic (exact) mass is 544 g/mol. The molecule has 196 valence electrons. The number of anilines is 1. The van der Waals surface area contributed by atoms with E-state index in [-0.39, 0.29) is 22.3 Å². The van der Waals surface area contributed by atoms with Crippen LogP contribution in [0.25, 0.3) is 0 Å². The molecule has 8 nitrogen and oxygen atoms in total. The molecule has 1 amide bonds. The molecule has 0 aliphatic carbocycles. The van der Waals surface area contributed by atoms with Crippen LogP contribution in [0, 0.1) is 0 Å². The lowest BCUT2D eigenvalue weighted by molar-refractivity contribution is -0.118. The van der Waals surface area contributed by atoms with E-state index in [1.807, 2.05) is 37.3 Å². The zero-order chi connectivity index (χ0) is 26.8. The highest BCUT2D eigenvalue weighted by atomic mass is 35.5. The quantitative estimate of drug-likeness (QED) is 0.235. The lowest BCUT2D eigenvalue weighted by Crippen LogP contribution is -2.27. The summed E-state index contributed by atoms with van der Waals surface area (Å²) in [5.74, 6) is -0.707. The standard InChI is InChI=1S/C27H29ClN2O6S/c1-3-4-16-35-27(32)21-10-12-22(13-11-21)29-26(31)18-36-25-15-14-23(17-24(25)28)37(33,34)30-19(2)20-8-6-5-7-9-20/h5-15,17,19,30H,3-4,16,18H2,1-2H3,(H,29,31)/t19-/m1/s1. The third-order valence-corrected chi connectivity index (χ3v) is 7.17. The van der Waals surface area contributed by atoms with Crippen LogP contribution in [0.2, 0.25) is 5.02 Å². The molecule has 10 heteroatoms. The molecule has 0 saturated heterocycles. The van der Waals surface area contributed by atoms with Crippen LogP contribution < -0.4 is 14.8 Å². The molecule has 0 aromatic heterocycles. The van der Waals surface area contributed by atoms with Crippen LogP contribution in [0.5, 0.6) is 5.75 Å². The van der Waals surface area contributed by atoms with Gasteiger partial charge in [0.1, 0.15) is 5.75 Å². The van der Waals surface area contributed by atoms with E-state index in [2.05, 4.69) is 10.0 Å². The van der Waals surface area contributed by atoms with Crippen molar-refractivity contribution in [1.29, 1.82) is 0 Å². The van der Waals surface area contributed by atoms with Crippen LogP contribution in [0.1, 0.15) is 48.7 Å². The zero-order valence-corrected chi connectivity index (χ0v) is 22.1. The Bertz CT molecular complexity index is 1310. The van der Waals surface area contributed by atoms with Crippen LogP contribution in [-0.2, 0) is 19.6 Å². The maximum absolute atomic E-state index is 12.8. The molecule has 3 aromatic rings. The number of amides is 1. The number of nitrogens with one attached hydrogen (secondary N) is 2. The minimum atomic E-state index is -3.84. The Hall–Kier alpha value is -3.40. The molecule has 0 aliphatic rings. The summed E-state index contributed by atoms with van der Waals surface area (Å²) in [6.45, 7) is 3.77. The lowest BCUT2D eigenvalue weighted by Gasteiger charge is -2.15. The Kier molecular flexibility index (Phi) is 10.1. The summed E-state index contributed by atoms with van der Waals surface area (Å²) in [6, 6.07) is 19.1. The SMILES string of the molecule is CCCCOC(=O)c1ccc(NC(=O)COc2ccc(S(=O)(=O)N[C@H](C)c3ccccc3)cc2Cl)cc1. The molecular weight excluding hydrogens is 516 g/mol. The van der Waals surface area contributed by atoms with Gasteiger partial charge in [0.05, 0.1) is 22.1 Å². The fourth-order valence-electron chi connectivity index (χ4n) is 3.30. The van der Waals surface area contributed by atoms with E-state index in [9.17, 15) is 18.0 Å². The first kappa shape index (κ1) is 28.2. The summed E-state index contributed by atoms with van der Waals surface area (Å²) >= 11 is 6.23. The van der Waals surface area contributed by atoms with Crippen LogP contribution in [-0.4, -0.2) is 33.5 Å². The number of carbonyl (C=O) groups excluding carboxylic acids is 2. The zero-order valence-electron chi connectivity index (χ0n) is 20.6. The predicted molar refractivity (Wildman–Crippen MR) is 142 cm³/mol. The van der Waals surface area contributed by atoms with Crippen LogP contribution >= 0.6 is 11.6 Å². The molecular formula is C27H29ClN2O6S. The second-order valence-electron chi connectivity index (χ2n) is 8.25. The number of rotatable bonds is 12. The minimum absolute atomic E-state index is 0.0228. The first-order valence-electron chi connectivity index (χ1n) is 11.8. The molecule has 0 unspecified atom stereocenters. The van der Waals surface area contributed by atoms with Gasteiger partial charge >= 0.3 is 5.97 Å². The van der Waals surface area contributed by atoms with Crippen molar-refractivity contribution in [2.24, 2.45) is 0 Å². The Balaban J connectivity index is 1.54. The van der Waals surface area contributed by atoms with E-state index in [0.29, 0.717) is 17.9 Å². The van der Waals surface area contributed by atoms with Crippen molar-refractivity contribution in [2.75, 3.05) is 18.5 Å². The van der Waals surface area contributed by atoms with Crippen molar-refractivity contribution < 1.29 is 27.5 Å². The summed E-state index contributed by atoms with van der Waals surface area (Å²) in [4.78, 5) is 24.2. The van der Waals surface area contributed by atoms with Gasteiger partial charge in [-0.15, -0.1) is 0 Å². The minimum Gasteiger partial charge on any atom is -0.482 e. The summed E-state index contributed by atoms with van der Waals surface area (Å²) in [5, 5.41) is 2.71. The number of halogens is 1. The first-order valence-corrected chi connectivity index (χ1v) is 13.6. The normalized spacial score (nSPS) is 12.0. The molecule has 37 heavy (non-hydrogen) atoms. The number of benzene rings is 3. The Morgan fingerprint density at radius 2 is 1.70 bits per heavy atom. The number of esters is 1. The highest BCUT2D eigenvalue weighted by Crippen LogP contribution is 2.28. The molecule has 0 saturated carbocycles.